The van der Waals surface area contributed by atoms with Crippen molar-refractivity contribution in [2.75, 3.05) is 32.7 Å². The van der Waals surface area contributed by atoms with Crippen LogP contribution in [0.4, 0.5) is 4.39 Å². The third-order valence-electron chi connectivity index (χ3n) is 7.92. The largest absolute Gasteiger partial charge is 0.339 e. The maximum Gasteiger partial charge on any atom is 0.235 e. The van der Waals surface area contributed by atoms with E-state index in [9.17, 15) is 14.0 Å². The Morgan fingerprint density at radius 1 is 1.03 bits per heavy atom. The molecule has 2 aromatic rings. The summed E-state index contributed by atoms with van der Waals surface area (Å²) in [7, 11) is 0. The minimum atomic E-state index is -0.773. The number of nitrogens with zero attached hydrogens (tertiary/aromatic N) is 3. The highest BCUT2D eigenvalue weighted by atomic mass is 19.1. The average Bonchev–Trinajstić information content (AvgIpc) is 3.36. The van der Waals surface area contributed by atoms with E-state index in [-0.39, 0.29) is 23.7 Å². The van der Waals surface area contributed by atoms with Gasteiger partial charge in [0.15, 0.2) is 0 Å². The summed E-state index contributed by atoms with van der Waals surface area (Å²) >= 11 is 0. The van der Waals surface area contributed by atoms with Crippen molar-refractivity contribution in [2.45, 2.75) is 51.1 Å². The molecule has 33 heavy (non-hydrogen) atoms. The van der Waals surface area contributed by atoms with Crippen LogP contribution in [-0.2, 0) is 21.5 Å². The maximum atomic E-state index is 14.0. The molecule has 0 radical (unpaired) electrons. The van der Waals surface area contributed by atoms with Crippen molar-refractivity contribution in [2.24, 2.45) is 0 Å². The molecule has 3 aliphatic heterocycles. The lowest BCUT2D eigenvalue weighted by Gasteiger charge is -2.40. The van der Waals surface area contributed by atoms with Gasteiger partial charge in [-0.2, -0.15) is 0 Å². The van der Waals surface area contributed by atoms with E-state index in [2.05, 4.69) is 36.9 Å². The molecule has 2 atom stereocenters. The van der Waals surface area contributed by atoms with Gasteiger partial charge in [0.1, 0.15) is 5.82 Å². The molecule has 174 valence electrons. The van der Waals surface area contributed by atoms with E-state index >= 15 is 0 Å². The molecule has 5 nitrogen and oxygen atoms in total. The van der Waals surface area contributed by atoms with E-state index in [0.717, 1.165) is 31.6 Å². The predicted molar refractivity (Wildman–Crippen MR) is 125 cm³/mol. The summed E-state index contributed by atoms with van der Waals surface area (Å²) in [4.78, 5) is 32.6. The number of hydrogen-bond donors (Lipinski definition) is 0. The highest BCUT2D eigenvalue weighted by molar-refractivity contribution is 5.91. The molecule has 0 aliphatic carbocycles. The van der Waals surface area contributed by atoms with Crippen LogP contribution in [0.2, 0.25) is 0 Å². The normalized spacial score (nSPS) is 25.5. The Labute approximate surface area is 195 Å². The minimum Gasteiger partial charge on any atom is -0.339 e. The summed E-state index contributed by atoms with van der Waals surface area (Å²) in [6, 6.07) is 13.0. The van der Waals surface area contributed by atoms with E-state index in [1.54, 1.807) is 12.1 Å². The Balaban J connectivity index is 1.31. The fraction of sp³-hybridized carbons (Fsp3) is 0.481. The summed E-state index contributed by atoms with van der Waals surface area (Å²) in [5, 5.41) is 0. The maximum absolute atomic E-state index is 14.0. The summed E-state index contributed by atoms with van der Waals surface area (Å²) in [5.41, 5.74) is 3.96. The molecule has 2 amide bonds. The number of carbonyl (C=O) groups is 2. The van der Waals surface area contributed by atoms with Crippen LogP contribution in [0.15, 0.2) is 42.5 Å². The van der Waals surface area contributed by atoms with Crippen molar-refractivity contribution in [3.05, 3.63) is 70.5 Å². The second kappa shape index (κ2) is 8.56. The first-order chi connectivity index (χ1) is 15.9. The molecule has 0 aromatic heterocycles. The quantitative estimate of drug-likeness (QED) is 0.719. The van der Waals surface area contributed by atoms with Crippen molar-refractivity contribution in [3.63, 3.8) is 0 Å². The van der Waals surface area contributed by atoms with Gasteiger partial charge in [-0.3, -0.25) is 14.5 Å². The Morgan fingerprint density at radius 2 is 1.76 bits per heavy atom. The summed E-state index contributed by atoms with van der Waals surface area (Å²) < 4.78 is 13.7. The predicted octanol–water partition coefficient (Wildman–Crippen LogP) is 3.42. The molecule has 6 heteroatoms. The highest BCUT2D eigenvalue weighted by Gasteiger charge is 2.55. The second-order valence-corrected chi connectivity index (χ2v) is 9.99. The summed E-state index contributed by atoms with van der Waals surface area (Å²) in [6.45, 7) is 8.55. The lowest BCUT2D eigenvalue weighted by molar-refractivity contribution is -0.139. The standard InChI is InChI=1S/C27H32FN3O2/c1-19-3-4-21(15-20(19)2)17-29-11-13-30(14-12-29)26(33)27(22-5-7-23(28)8-6-22)16-24-9-10-25(32)31(24)18-27/h3-8,15,24H,9-14,16-18H2,1-2H3/t24-,27-/m0/s1. The van der Waals surface area contributed by atoms with Gasteiger partial charge in [-0.25, -0.2) is 4.39 Å². The highest BCUT2D eigenvalue weighted by Crippen LogP contribution is 2.44. The first-order valence-corrected chi connectivity index (χ1v) is 12.0. The van der Waals surface area contributed by atoms with E-state index in [0.29, 0.717) is 32.5 Å². The minimum absolute atomic E-state index is 0.0853. The lowest BCUT2D eigenvalue weighted by Crippen LogP contribution is -2.55. The topological polar surface area (TPSA) is 43.9 Å². The summed E-state index contributed by atoms with van der Waals surface area (Å²) in [6.07, 6.45) is 2.00. The molecule has 0 unspecified atom stereocenters. The van der Waals surface area contributed by atoms with Gasteiger partial charge >= 0.3 is 0 Å². The van der Waals surface area contributed by atoms with E-state index < -0.39 is 5.41 Å². The van der Waals surface area contributed by atoms with Crippen molar-refractivity contribution < 1.29 is 14.0 Å². The first-order valence-electron chi connectivity index (χ1n) is 12.0. The monoisotopic (exact) mass is 449 g/mol. The molecule has 3 saturated heterocycles. The van der Waals surface area contributed by atoms with Crippen LogP contribution in [0.25, 0.3) is 0 Å². The molecule has 2 aromatic carbocycles. The lowest BCUT2D eigenvalue weighted by atomic mass is 9.76. The van der Waals surface area contributed by atoms with Gasteiger partial charge in [0.05, 0.1) is 5.41 Å². The van der Waals surface area contributed by atoms with Crippen molar-refractivity contribution in [3.8, 4) is 0 Å². The van der Waals surface area contributed by atoms with Crippen LogP contribution in [0.5, 0.6) is 0 Å². The van der Waals surface area contributed by atoms with E-state index in [1.165, 1.54) is 28.8 Å². The molecule has 0 saturated carbocycles. The van der Waals surface area contributed by atoms with Crippen LogP contribution < -0.4 is 0 Å². The Kier molecular flexibility index (Phi) is 5.73. The number of rotatable bonds is 4. The van der Waals surface area contributed by atoms with Crippen LogP contribution in [0.3, 0.4) is 0 Å². The Morgan fingerprint density at radius 3 is 2.42 bits per heavy atom. The zero-order valence-electron chi connectivity index (χ0n) is 19.5. The third kappa shape index (κ3) is 4.05. The van der Waals surface area contributed by atoms with Crippen LogP contribution in [-0.4, -0.2) is 65.3 Å². The zero-order valence-corrected chi connectivity index (χ0v) is 19.5. The van der Waals surface area contributed by atoms with Gasteiger partial charge in [0.2, 0.25) is 11.8 Å². The number of piperazine rings is 1. The number of aryl methyl sites for hydroxylation is 2. The van der Waals surface area contributed by atoms with Gasteiger partial charge in [0, 0.05) is 51.7 Å². The Bertz CT molecular complexity index is 1060. The first kappa shape index (κ1) is 22.1. The van der Waals surface area contributed by atoms with Gasteiger partial charge < -0.3 is 9.80 Å². The van der Waals surface area contributed by atoms with Crippen molar-refractivity contribution in [1.82, 2.24) is 14.7 Å². The van der Waals surface area contributed by atoms with Gasteiger partial charge in [-0.1, -0.05) is 30.3 Å². The van der Waals surface area contributed by atoms with Crippen LogP contribution in [0, 0.1) is 19.7 Å². The number of halogens is 1. The zero-order chi connectivity index (χ0) is 23.2. The average molecular weight is 450 g/mol. The van der Waals surface area contributed by atoms with Crippen LogP contribution in [0.1, 0.15) is 41.5 Å². The number of benzene rings is 2. The smallest absolute Gasteiger partial charge is 0.235 e. The Hall–Kier alpha value is -2.73. The number of carbonyl (C=O) groups excluding carboxylic acids is 2. The summed E-state index contributed by atoms with van der Waals surface area (Å²) in [5.74, 6) is -0.0898. The molecule has 0 N–H and O–H groups in total. The van der Waals surface area contributed by atoms with Crippen molar-refractivity contribution in [1.29, 1.82) is 0 Å². The van der Waals surface area contributed by atoms with Gasteiger partial charge in [-0.05, 0) is 61.1 Å². The third-order valence-corrected chi connectivity index (χ3v) is 7.92. The molecular weight excluding hydrogens is 417 g/mol. The number of amides is 2. The number of hydrogen-bond acceptors (Lipinski definition) is 3. The molecule has 3 fully saturated rings. The van der Waals surface area contributed by atoms with Gasteiger partial charge in [0.25, 0.3) is 0 Å². The SMILES string of the molecule is Cc1ccc(CN2CCN(C(=O)[C@@]3(c4ccc(F)cc4)C[C@@H]4CCC(=O)N4C3)CC2)cc1C. The van der Waals surface area contributed by atoms with Crippen LogP contribution >= 0.6 is 0 Å². The molecular formula is C27H32FN3O2. The molecule has 3 aliphatic rings. The van der Waals surface area contributed by atoms with E-state index in [4.69, 9.17) is 0 Å². The fourth-order valence-electron chi connectivity index (χ4n) is 5.81. The van der Waals surface area contributed by atoms with Crippen molar-refractivity contribution >= 4 is 11.8 Å². The van der Waals surface area contributed by atoms with Gasteiger partial charge in [-0.15, -0.1) is 0 Å². The molecule has 5 rings (SSSR count). The molecule has 3 heterocycles. The number of fused-ring (bicyclic) bond motifs is 1. The second-order valence-electron chi connectivity index (χ2n) is 9.99. The molecule has 0 bridgehead atoms. The van der Waals surface area contributed by atoms with E-state index in [1.807, 2.05) is 9.80 Å². The fourth-order valence-corrected chi connectivity index (χ4v) is 5.81. The molecule has 0 spiro atoms.